The van der Waals surface area contributed by atoms with Crippen molar-refractivity contribution in [3.8, 4) is 0 Å². The topological polar surface area (TPSA) is 69.6 Å². The average Bonchev–Trinajstić information content (AvgIpc) is 3.20. The molecule has 1 heterocycles. The second kappa shape index (κ2) is 5.49. The second-order valence-electron chi connectivity index (χ2n) is 6.34. The number of carboxylic acid groups (broad SMARTS) is 1. The maximum absolute atomic E-state index is 12.1. The third kappa shape index (κ3) is 3.69. The lowest BCUT2D eigenvalue weighted by Crippen LogP contribution is -2.49. The van der Waals surface area contributed by atoms with Crippen molar-refractivity contribution in [3.05, 3.63) is 0 Å². The van der Waals surface area contributed by atoms with Crippen molar-refractivity contribution in [3.63, 3.8) is 0 Å². The predicted octanol–water partition coefficient (Wildman–Crippen LogP) is 1.09. The molecule has 1 amide bonds. The zero-order valence-electron chi connectivity index (χ0n) is 11.8. The fourth-order valence-corrected chi connectivity index (χ4v) is 2.74. The molecule has 0 radical (unpaired) electrons. The van der Waals surface area contributed by atoms with Gasteiger partial charge in [0.05, 0.1) is 12.5 Å². The Morgan fingerprint density at radius 1 is 1.21 bits per heavy atom. The van der Waals surface area contributed by atoms with E-state index in [0.29, 0.717) is 38.4 Å². The standard InChI is InChI=1S/C14H24N2O3/c1-14(2,11-3-4-11)15-9-12(17)16-7-5-10(6-8-16)13(18)19/h10-11,15H,3-9H2,1-2H3,(H,18,19). The van der Waals surface area contributed by atoms with Gasteiger partial charge < -0.3 is 15.3 Å². The van der Waals surface area contributed by atoms with Gasteiger partial charge in [-0.1, -0.05) is 0 Å². The number of carbonyl (C=O) groups excluding carboxylic acids is 1. The Balaban J connectivity index is 1.74. The van der Waals surface area contributed by atoms with E-state index in [1.54, 1.807) is 4.90 Å². The first-order valence-corrected chi connectivity index (χ1v) is 7.16. The van der Waals surface area contributed by atoms with E-state index in [-0.39, 0.29) is 17.4 Å². The van der Waals surface area contributed by atoms with Crippen molar-refractivity contribution < 1.29 is 14.7 Å². The lowest BCUT2D eigenvalue weighted by atomic mass is 9.96. The number of hydrogen-bond acceptors (Lipinski definition) is 3. The highest BCUT2D eigenvalue weighted by Crippen LogP contribution is 2.39. The molecule has 0 unspecified atom stereocenters. The van der Waals surface area contributed by atoms with E-state index >= 15 is 0 Å². The van der Waals surface area contributed by atoms with E-state index in [1.165, 1.54) is 12.8 Å². The number of rotatable bonds is 5. The van der Waals surface area contributed by atoms with Crippen molar-refractivity contribution in [1.29, 1.82) is 0 Å². The Labute approximate surface area is 114 Å². The molecule has 2 rings (SSSR count). The largest absolute Gasteiger partial charge is 0.481 e. The Hall–Kier alpha value is -1.10. The van der Waals surface area contributed by atoms with Gasteiger partial charge in [-0.25, -0.2) is 0 Å². The monoisotopic (exact) mass is 268 g/mol. The molecule has 0 aromatic rings. The number of hydrogen-bond donors (Lipinski definition) is 2. The molecule has 0 aromatic carbocycles. The molecule has 5 heteroatoms. The molecule has 0 atom stereocenters. The Morgan fingerprint density at radius 3 is 2.26 bits per heavy atom. The molecule has 5 nitrogen and oxygen atoms in total. The number of likely N-dealkylation sites (tertiary alicyclic amines) is 1. The summed E-state index contributed by atoms with van der Waals surface area (Å²) in [6, 6.07) is 0. The van der Waals surface area contributed by atoms with E-state index in [0.717, 1.165) is 0 Å². The van der Waals surface area contributed by atoms with Crippen LogP contribution in [0.15, 0.2) is 0 Å². The normalized spacial score (nSPS) is 21.5. The van der Waals surface area contributed by atoms with Crippen LogP contribution in [0.3, 0.4) is 0 Å². The summed E-state index contributed by atoms with van der Waals surface area (Å²) in [7, 11) is 0. The molecule has 19 heavy (non-hydrogen) atoms. The van der Waals surface area contributed by atoms with Gasteiger partial charge in [0.2, 0.25) is 5.91 Å². The van der Waals surface area contributed by atoms with Crippen molar-refractivity contribution >= 4 is 11.9 Å². The molecule has 2 fully saturated rings. The van der Waals surface area contributed by atoms with Crippen LogP contribution in [0, 0.1) is 11.8 Å². The summed E-state index contributed by atoms with van der Waals surface area (Å²) in [5.41, 5.74) is 0.0368. The Bertz CT molecular complexity index is 356. The van der Waals surface area contributed by atoms with E-state index in [9.17, 15) is 9.59 Å². The van der Waals surface area contributed by atoms with Crippen molar-refractivity contribution in [2.75, 3.05) is 19.6 Å². The van der Waals surface area contributed by atoms with Gasteiger partial charge in [0.15, 0.2) is 0 Å². The zero-order chi connectivity index (χ0) is 14.0. The second-order valence-corrected chi connectivity index (χ2v) is 6.34. The number of aliphatic carboxylic acids is 1. The quantitative estimate of drug-likeness (QED) is 0.783. The van der Waals surface area contributed by atoms with Crippen LogP contribution in [0.2, 0.25) is 0 Å². The van der Waals surface area contributed by atoms with Gasteiger partial charge in [-0.2, -0.15) is 0 Å². The van der Waals surface area contributed by atoms with Crippen LogP contribution in [0.25, 0.3) is 0 Å². The molecular formula is C14H24N2O3. The third-order valence-electron chi connectivity index (χ3n) is 4.49. The van der Waals surface area contributed by atoms with Gasteiger partial charge in [-0.05, 0) is 45.4 Å². The lowest BCUT2D eigenvalue weighted by Gasteiger charge is -2.32. The minimum atomic E-state index is -0.736. The fourth-order valence-electron chi connectivity index (χ4n) is 2.74. The first kappa shape index (κ1) is 14.3. The lowest BCUT2D eigenvalue weighted by molar-refractivity contribution is -0.145. The number of nitrogens with one attached hydrogen (secondary N) is 1. The number of nitrogens with zero attached hydrogens (tertiary/aromatic N) is 1. The summed E-state index contributed by atoms with van der Waals surface area (Å²) in [5.74, 6) is -0.226. The fraction of sp³-hybridized carbons (Fsp3) is 0.857. The van der Waals surface area contributed by atoms with Crippen LogP contribution in [-0.2, 0) is 9.59 Å². The van der Waals surface area contributed by atoms with Crippen molar-refractivity contribution in [2.45, 2.75) is 45.1 Å². The number of piperidine rings is 1. The van der Waals surface area contributed by atoms with E-state index in [2.05, 4.69) is 19.2 Å². The molecule has 1 aliphatic carbocycles. The molecule has 2 aliphatic rings. The average molecular weight is 268 g/mol. The van der Waals surface area contributed by atoms with Crippen LogP contribution >= 0.6 is 0 Å². The van der Waals surface area contributed by atoms with Gasteiger partial charge in [-0.3, -0.25) is 9.59 Å². The van der Waals surface area contributed by atoms with E-state index in [1.807, 2.05) is 0 Å². The predicted molar refractivity (Wildman–Crippen MR) is 71.7 cm³/mol. The molecule has 0 spiro atoms. The summed E-state index contributed by atoms with van der Waals surface area (Å²) < 4.78 is 0. The van der Waals surface area contributed by atoms with E-state index in [4.69, 9.17) is 5.11 Å². The molecular weight excluding hydrogens is 244 g/mol. The van der Waals surface area contributed by atoms with Crippen LogP contribution < -0.4 is 5.32 Å². The molecule has 0 aromatic heterocycles. The van der Waals surface area contributed by atoms with Crippen LogP contribution in [0.5, 0.6) is 0 Å². The van der Waals surface area contributed by atoms with Gasteiger partial charge in [-0.15, -0.1) is 0 Å². The van der Waals surface area contributed by atoms with Gasteiger partial charge in [0.25, 0.3) is 0 Å². The summed E-state index contributed by atoms with van der Waals surface area (Å²) in [5, 5.41) is 12.3. The maximum atomic E-state index is 12.1. The van der Waals surface area contributed by atoms with Crippen molar-refractivity contribution in [1.82, 2.24) is 10.2 Å². The maximum Gasteiger partial charge on any atom is 0.306 e. The highest BCUT2D eigenvalue weighted by atomic mass is 16.4. The molecule has 108 valence electrons. The summed E-state index contributed by atoms with van der Waals surface area (Å²) in [6.07, 6.45) is 3.65. The number of amides is 1. The van der Waals surface area contributed by atoms with Crippen LogP contribution in [0.1, 0.15) is 39.5 Å². The molecule has 1 aliphatic heterocycles. The molecule has 0 bridgehead atoms. The first-order valence-electron chi connectivity index (χ1n) is 7.16. The molecule has 2 N–H and O–H groups in total. The first-order chi connectivity index (χ1) is 8.90. The highest BCUT2D eigenvalue weighted by Gasteiger charge is 2.38. The molecule has 1 saturated carbocycles. The zero-order valence-corrected chi connectivity index (χ0v) is 11.8. The van der Waals surface area contributed by atoms with Gasteiger partial charge in [0, 0.05) is 18.6 Å². The number of carbonyl (C=O) groups is 2. The summed E-state index contributed by atoms with van der Waals surface area (Å²) >= 11 is 0. The Morgan fingerprint density at radius 2 is 1.79 bits per heavy atom. The molecule has 1 saturated heterocycles. The Kier molecular flexibility index (Phi) is 4.13. The summed E-state index contributed by atoms with van der Waals surface area (Å²) in [6.45, 7) is 5.80. The minimum absolute atomic E-state index is 0.0368. The van der Waals surface area contributed by atoms with E-state index < -0.39 is 5.97 Å². The van der Waals surface area contributed by atoms with Gasteiger partial charge in [0.1, 0.15) is 0 Å². The third-order valence-corrected chi connectivity index (χ3v) is 4.49. The summed E-state index contributed by atoms with van der Waals surface area (Å²) in [4.78, 5) is 24.7. The number of carboxylic acids is 1. The van der Waals surface area contributed by atoms with Crippen molar-refractivity contribution in [2.24, 2.45) is 11.8 Å². The SMILES string of the molecule is CC(C)(NCC(=O)N1CCC(C(=O)O)CC1)C1CC1. The minimum Gasteiger partial charge on any atom is -0.481 e. The smallest absolute Gasteiger partial charge is 0.306 e. The van der Waals surface area contributed by atoms with Gasteiger partial charge >= 0.3 is 5.97 Å². The van der Waals surface area contributed by atoms with Crippen LogP contribution in [-0.4, -0.2) is 47.1 Å². The van der Waals surface area contributed by atoms with Crippen LogP contribution in [0.4, 0.5) is 0 Å². The highest BCUT2D eigenvalue weighted by molar-refractivity contribution is 5.79.